The van der Waals surface area contributed by atoms with Crippen molar-refractivity contribution in [3.8, 4) is 0 Å². The lowest BCUT2D eigenvalue weighted by Gasteiger charge is -2.16. The fraction of sp³-hybridized carbons (Fsp3) is 0.571. The number of sulfonamides is 1. The molecule has 0 amide bonds. The van der Waals surface area contributed by atoms with Gasteiger partial charge in [-0.25, -0.2) is 12.7 Å². The topological polar surface area (TPSA) is 49.4 Å². The highest BCUT2D eigenvalue weighted by Gasteiger charge is 2.19. The predicted molar refractivity (Wildman–Crippen MR) is 78.7 cm³/mol. The third-order valence-corrected chi connectivity index (χ3v) is 5.14. The Hall–Kier alpha value is -0.910. The fourth-order valence-electron chi connectivity index (χ4n) is 1.75. The molecule has 19 heavy (non-hydrogen) atoms. The molecule has 0 atom stereocenters. The minimum absolute atomic E-state index is 0.371. The zero-order chi connectivity index (χ0) is 14.5. The SMILES string of the molecule is CCCNCc1cc(S(=O)(=O)N(C)CC)ccc1C. The molecule has 1 aromatic rings. The maximum absolute atomic E-state index is 12.3. The zero-order valence-electron chi connectivity index (χ0n) is 12.2. The van der Waals surface area contributed by atoms with Crippen molar-refractivity contribution in [2.24, 2.45) is 0 Å². The van der Waals surface area contributed by atoms with Gasteiger partial charge >= 0.3 is 0 Å². The second-order valence-electron chi connectivity index (χ2n) is 4.68. The highest BCUT2D eigenvalue weighted by atomic mass is 32.2. The van der Waals surface area contributed by atoms with Crippen LogP contribution in [0, 0.1) is 6.92 Å². The molecule has 0 fully saturated rings. The maximum atomic E-state index is 12.3. The van der Waals surface area contributed by atoms with Gasteiger partial charge in [0, 0.05) is 20.1 Å². The highest BCUT2D eigenvalue weighted by Crippen LogP contribution is 2.18. The molecule has 0 bridgehead atoms. The standard InChI is InChI=1S/C14H24N2O2S/c1-5-9-15-11-13-10-14(8-7-12(13)3)19(17,18)16(4)6-2/h7-8,10,15H,5-6,9,11H2,1-4H3. The minimum atomic E-state index is -3.35. The Morgan fingerprint density at radius 3 is 2.53 bits per heavy atom. The molecule has 1 N–H and O–H groups in total. The average molecular weight is 284 g/mol. The number of nitrogens with one attached hydrogen (secondary N) is 1. The van der Waals surface area contributed by atoms with E-state index in [-0.39, 0.29) is 0 Å². The van der Waals surface area contributed by atoms with E-state index in [0.29, 0.717) is 18.0 Å². The quantitative estimate of drug-likeness (QED) is 0.780. The zero-order valence-corrected chi connectivity index (χ0v) is 13.0. The summed E-state index contributed by atoms with van der Waals surface area (Å²) in [6.45, 7) is 8.05. The van der Waals surface area contributed by atoms with Crippen LogP contribution in [0.25, 0.3) is 0 Å². The summed E-state index contributed by atoms with van der Waals surface area (Å²) in [5, 5.41) is 3.31. The third kappa shape index (κ3) is 4.03. The summed E-state index contributed by atoms with van der Waals surface area (Å²) in [5.41, 5.74) is 2.15. The molecule has 0 aliphatic heterocycles. The van der Waals surface area contributed by atoms with Crippen molar-refractivity contribution in [1.82, 2.24) is 9.62 Å². The number of nitrogens with zero attached hydrogens (tertiary/aromatic N) is 1. The normalized spacial score (nSPS) is 12.1. The molecule has 0 aliphatic rings. The molecule has 0 heterocycles. The molecule has 1 rings (SSSR count). The van der Waals surface area contributed by atoms with Gasteiger partial charge in [0.25, 0.3) is 0 Å². The van der Waals surface area contributed by atoms with Crippen LogP contribution in [0.1, 0.15) is 31.4 Å². The van der Waals surface area contributed by atoms with Gasteiger partial charge in [0.15, 0.2) is 0 Å². The molecule has 0 radical (unpaired) electrons. The second kappa shape index (κ2) is 7.03. The van der Waals surface area contributed by atoms with Crippen molar-refractivity contribution in [1.29, 1.82) is 0 Å². The van der Waals surface area contributed by atoms with Gasteiger partial charge in [0.1, 0.15) is 0 Å². The lowest BCUT2D eigenvalue weighted by atomic mass is 10.1. The van der Waals surface area contributed by atoms with Crippen LogP contribution in [0.5, 0.6) is 0 Å². The van der Waals surface area contributed by atoms with Crippen LogP contribution >= 0.6 is 0 Å². The first kappa shape index (κ1) is 16.1. The summed E-state index contributed by atoms with van der Waals surface area (Å²) in [4.78, 5) is 0.371. The molecule has 108 valence electrons. The van der Waals surface area contributed by atoms with Gasteiger partial charge in [-0.1, -0.05) is 19.9 Å². The van der Waals surface area contributed by atoms with E-state index in [1.165, 1.54) is 4.31 Å². The van der Waals surface area contributed by atoms with Crippen molar-refractivity contribution in [3.05, 3.63) is 29.3 Å². The number of rotatable bonds is 7. The van der Waals surface area contributed by atoms with Crippen LogP contribution in [-0.2, 0) is 16.6 Å². The Balaban J connectivity index is 3.02. The van der Waals surface area contributed by atoms with Gasteiger partial charge < -0.3 is 5.32 Å². The predicted octanol–water partition coefficient (Wildman–Crippen LogP) is 2.14. The summed E-state index contributed by atoms with van der Waals surface area (Å²) in [7, 11) is -1.75. The Labute approximate surface area is 116 Å². The van der Waals surface area contributed by atoms with E-state index in [1.807, 2.05) is 19.9 Å². The van der Waals surface area contributed by atoms with Gasteiger partial charge in [0.2, 0.25) is 10.0 Å². The maximum Gasteiger partial charge on any atom is 0.242 e. The molecule has 0 saturated heterocycles. The molecule has 0 aliphatic carbocycles. The highest BCUT2D eigenvalue weighted by molar-refractivity contribution is 7.89. The van der Waals surface area contributed by atoms with Crippen LogP contribution < -0.4 is 5.32 Å². The summed E-state index contributed by atoms with van der Waals surface area (Å²) in [6, 6.07) is 5.33. The first-order chi connectivity index (χ1) is 8.93. The van der Waals surface area contributed by atoms with E-state index in [9.17, 15) is 8.42 Å². The monoisotopic (exact) mass is 284 g/mol. The van der Waals surface area contributed by atoms with E-state index in [4.69, 9.17) is 0 Å². The molecule has 4 nitrogen and oxygen atoms in total. The van der Waals surface area contributed by atoms with E-state index >= 15 is 0 Å². The van der Waals surface area contributed by atoms with Gasteiger partial charge in [-0.3, -0.25) is 0 Å². The first-order valence-electron chi connectivity index (χ1n) is 6.70. The van der Waals surface area contributed by atoms with Gasteiger partial charge in [-0.15, -0.1) is 0 Å². The summed E-state index contributed by atoms with van der Waals surface area (Å²) in [5.74, 6) is 0. The van der Waals surface area contributed by atoms with Crippen LogP contribution in [0.2, 0.25) is 0 Å². The van der Waals surface area contributed by atoms with Gasteiger partial charge in [-0.05, 0) is 43.1 Å². The summed E-state index contributed by atoms with van der Waals surface area (Å²) in [6.07, 6.45) is 1.07. The van der Waals surface area contributed by atoms with E-state index in [0.717, 1.165) is 24.1 Å². The molecule has 5 heteroatoms. The molecular weight excluding hydrogens is 260 g/mol. The molecular formula is C14H24N2O2S. The van der Waals surface area contributed by atoms with Crippen molar-refractivity contribution >= 4 is 10.0 Å². The van der Waals surface area contributed by atoms with Crippen LogP contribution in [-0.4, -0.2) is 32.9 Å². The summed E-state index contributed by atoms with van der Waals surface area (Å²) < 4.78 is 25.9. The Kier molecular flexibility index (Phi) is 5.97. The number of hydrogen-bond acceptors (Lipinski definition) is 3. The first-order valence-corrected chi connectivity index (χ1v) is 8.14. The van der Waals surface area contributed by atoms with E-state index < -0.39 is 10.0 Å². The number of hydrogen-bond donors (Lipinski definition) is 1. The lowest BCUT2D eigenvalue weighted by molar-refractivity contribution is 0.486. The van der Waals surface area contributed by atoms with E-state index in [2.05, 4.69) is 12.2 Å². The van der Waals surface area contributed by atoms with Crippen LogP contribution in [0.4, 0.5) is 0 Å². The van der Waals surface area contributed by atoms with Crippen molar-refractivity contribution in [2.45, 2.75) is 38.6 Å². The molecule has 0 saturated carbocycles. The Morgan fingerprint density at radius 2 is 1.95 bits per heavy atom. The minimum Gasteiger partial charge on any atom is -0.313 e. The fourth-order valence-corrected chi connectivity index (χ4v) is 2.98. The molecule has 0 spiro atoms. The van der Waals surface area contributed by atoms with Crippen LogP contribution in [0.3, 0.4) is 0 Å². The average Bonchev–Trinajstić information content (AvgIpc) is 2.39. The second-order valence-corrected chi connectivity index (χ2v) is 6.73. The van der Waals surface area contributed by atoms with Gasteiger partial charge in [0.05, 0.1) is 4.90 Å². The third-order valence-electron chi connectivity index (χ3n) is 3.22. The Morgan fingerprint density at radius 1 is 1.26 bits per heavy atom. The van der Waals surface area contributed by atoms with Crippen molar-refractivity contribution in [2.75, 3.05) is 20.1 Å². The largest absolute Gasteiger partial charge is 0.313 e. The Bertz CT molecular complexity index is 512. The number of aryl methyl sites for hydroxylation is 1. The summed E-state index contributed by atoms with van der Waals surface area (Å²) >= 11 is 0. The molecule has 0 unspecified atom stereocenters. The molecule has 1 aromatic carbocycles. The van der Waals surface area contributed by atoms with Crippen molar-refractivity contribution < 1.29 is 8.42 Å². The van der Waals surface area contributed by atoms with Gasteiger partial charge in [-0.2, -0.15) is 0 Å². The molecule has 0 aromatic heterocycles. The van der Waals surface area contributed by atoms with E-state index in [1.54, 1.807) is 19.2 Å². The van der Waals surface area contributed by atoms with Crippen LogP contribution in [0.15, 0.2) is 23.1 Å². The lowest BCUT2D eigenvalue weighted by Crippen LogP contribution is -2.26. The smallest absolute Gasteiger partial charge is 0.242 e. The van der Waals surface area contributed by atoms with Crippen molar-refractivity contribution in [3.63, 3.8) is 0 Å². The number of benzene rings is 1.